The average Bonchev–Trinajstić information content (AvgIpc) is 2.87. The van der Waals surface area contributed by atoms with Crippen LogP contribution in [0.4, 0.5) is 11.4 Å². The first kappa shape index (κ1) is 24.0. The third kappa shape index (κ3) is 5.33. The summed E-state index contributed by atoms with van der Waals surface area (Å²) < 4.78 is 34.5. The van der Waals surface area contributed by atoms with Gasteiger partial charge in [-0.05, 0) is 67.4 Å². The highest BCUT2D eigenvalue weighted by atomic mass is 32.2. The van der Waals surface area contributed by atoms with Crippen molar-refractivity contribution in [3.8, 4) is 17.0 Å². The van der Waals surface area contributed by atoms with Crippen molar-refractivity contribution in [3.05, 3.63) is 102 Å². The fourth-order valence-corrected chi connectivity index (χ4v) is 5.08. The summed E-state index contributed by atoms with van der Waals surface area (Å²) in [5.41, 5.74) is 4.39. The molecule has 2 N–H and O–H groups in total. The fourth-order valence-electron chi connectivity index (χ4n) is 3.69. The van der Waals surface area contributed by atoms with Crippen LogP contribution in [-0.4, -0.2) is 26.4 Å². The summed E-state index contributed by atoms with van der Waals surface area (Å²) in [5.74, 6) is -0.210. The van der Waals surface area contributed by atoms with Crippen molar-refractivity contribution in [2.45, 2.75) is 18.7 Å². The number of pyridine rings is 1. The highest BCUT2D eigenvalue weighted by Gasteiger charge is 2.22. The van der Waals surface area contributed by atoms with Gasteiger partial charge in [-0.1, -0.05) is 36.4 Å². The summed E-state index contributed by atoms with van der Waals surface area (Å²) in [6.07, 6.45) is 1.69. The van der Waals surface area contributed by atoms with Crippen molar-refractivity contribution in [2.75, 3.05) is 17.1 Å². The van der Waals surface area contributed by atoms with Gasteiger partial charge < -0.3 is 10.1 Å². The molecule has 7 nitrogen and oxygen atoms in total. The number of amides is 1. The molecule has 0 aliphatic carbocycles. The monoisotopic (exact) mass is 487 g/mol. The summed E-state index contributed by atoms with van der Waals surface area (Å²) in [6.45, 7) is 3.66. The van der Waals surface area contributed by atoms with Gasteiger partial charge in [-0.2, -0.15) is 0 Å². The Hall–Kier alpha value is -4.17. The number of rotatable bonds is 7. The van der Waals surface area contributed by atoms with Crippen LogP contribution in [0, 0.1) is 13.8 Å². The number of carbonyl (C=O) groups excluding carboxylic acids is 1. The van der Waals surface area contributed by atoms with Crippen molar-refractivity contribution in [1.82, 2.24) is 4.98 Å². The van der Waals surface area contributed by atoms with Gasteiger partial charge in [0.15, 0.2) is 0 Å². The molecule has 0 bridgehead atoms. The van der Waals surface area contributed by atoms with E-state index < -0.39 is 10.0 Å². The highest BCUT2D eigenvalue weighted by molar-refractivity contribution is 7.92. The molecule has 0 spiro atoms. The Morgan fingerprint density at radius 2 is 1.63 bits per heavy atom. The molecule has 1 aromatic heterocycles. The zero-order chi connectivity index (χ0) is 25.0. The smallest absolute Gasteiger partial charge is 0.265 e. The number of anilines is 2. The first-order valence-electron chi connectivity index (χ1n) is 10.9. The lowest BCUT2D eigenvalue weighted by molar-refractivity contribution is 0.102. The Labute approximate surface area is 204 Å². The summed E-state index contributed by atoms with van der Waals surface area (Å²) >= 11 is 0. The van der Waals surface area contributed by atoms with Gasteiger partial charge in [0, 0.05) is 23.0 Å². The van der Waals surface area contributed by atoms with Crippen LogP contribution in [0.25, 0.3) is 11.3 Å². The normalized spacial score (nSPS) is 11.1. The Bertz CT molecular complexity index is 1470. The van der Waals surface area contributed by atoms with E-state index in [0.29, 0.717) is 16.9 Å². The SMILES string of the molecule is COc1ccc(NC(=O)c2cccc(-c3ccccn3)c2)cc1S(=O)(=O)Nc1c(C)cccc1C. The number of carbonyl (C=O) groups is 1. The van der Waals surface area contributed by atoms with Gasteiger partial charge in [0.2, 0.25) is 0 Å². The number of nitrogens with zero attached hydrogens (tertiary/aromatic N) is 1. The fraction of sp³-hybridized carbons (Fsp3) is 0.111. The molecule has 0 aliphatic heterocycles. The first-order valence-corrected chi connectivity index (χ1v) is 12.4. The molecule has 0 aliphatic rings. The van der Waals surface area contributed by atoms with E-state index in [0.717, 1.165) is 22.4 Å². The Morgan fingerprint density at radius 1 is 0.886 bits per heavy atom. The van der Waals surface area contributed by atoms with Crippen LogP contribution >= 0.6 is 0 Å². The van der Waals surface area contributed by atoms with E-state index in [1.165, 1.54) is 19.2 Å². The van der Waals surface area contributed by atoms with Crippen LogP contribution in [0.1, 0.15) is 21.5 Å². The van der Waals surface area contributed by atoms with Crippen molar-refractivity contribution in [3.63, 3.8) is 0 Å². The molecule has 3 aromatic carbocycles. The maximum atomic E-state index is 13.3. The number of methoxy groups -OCH3 is 1. The average molecular weight is 488 g/mol. The highest BCUT2D eigenvalue weighted by Crippen LogP contribution is 2.31. The third-order valence-corrected chi connectivity index (χ3v) is 6.88. The summed E-state index contributed by atoms with van der Waals surface area (Å²) in [7, 11) is -2.60. The number of sulfonamides is 1. The van der Waals surface area contributed by atoms with Gasteiger partial charge in [-0.3, -0.25) is 14.5 Å². The third-order valence-electron chi connectivity index (χ3n) is 5.51. The van der Waals surface area contributed by atoms with Gasteiger partial charge in [-0.15, -0.1) is 0 Å². The van der Waals surface area contributed by atoms with Crippen molar-refractivity contribution in [2.24, 2.45) is 0 Å². The lowest BCUT2D eigenvalue weighted by Crippen LogP contribution is -2.17. The van der Waals surface area contributed by atoms with Crippen LogP contribution < -0.4 is 14.8 Å². The van der Waals surface area contributed by atoms with Gasteiger partial charge in [-0.25, -0.2) is 8.42 Å². The number of para-hydroxylation sites is 1. The minimum Gasteiger partial charge on any atom is -0.495 e. The molecule has 0 radical (unpaired) electrons. The number of ether oxygens (including phenoxy) is 1. The minimum atomic E-state index is -4.00. The van der Waals surface area contributed by atoms with Crippen LogP contribution in [0.15, 0.2) is 90.0 Å². The predicted molar refractivity (Wildman–Crippen MR) is 137 cm³/mol. The van der Waals surface area contributed by atoms with E-state index in [-0.39, 0.29) is 16.6 Å². The van der Waals surface area contributed by atoms with E-state index in [1.54, 1.807) is 30.5 Å². The van der Waals surface area contributed by atoms with Crippen molar-refractivity contribution in [1.29, 1.82) is 0 Å². The molecule has 1 amide bonds. The number of aromatic nitrogens is 1. The molecule has 1 heterocycles. The minimum absolute atomic E-state index is 0.0808. The maximum absolute atomic E-state index is 13.3. The molecule has 0 saturated heterocycles. The quantitative estimate of drug-likeness (QED) is 0.362. The standard InChI is InChI=1S/C27H25N3O4S/c1-18-8-6-9-19(2)26(18)30-35(32,33)25-17-22(13-14-24(25)34-3)29-27(31)21-11-7-10-20(16-21)23-12-4-5-15-28-23/h4-17,30H,1-3H3,(H,29,31). The van der Waals surface area contributed by atoms with Crippen LogP contribution in [0.5, 0.6) is 5.75 Å². The molecule has 0 saturated carbocycles. The lowest BCUT2D eigenvalue weighted by atomic mass is 10.1. The number of benzene rings is 3. The van der Waals surface area contributed by atoms with E-state index in [4.69, 9.17) is 4.74 Å². The molecule has 0 unspecified atom stereocenters. The van der Waals surface area contributed by atoms with E-state index in [2.05, 4.69) is 15.0 Å². The predicted octanol–water partition coefficient (Wildman–Crippen LogP) is 5.43. The summed E-state index contributed by atoms with van der Waals surface area (Å²) in [5, 5.41) is 2.78. The topological polar surface area (TPSA) is 97.4 Å². The number of hydrogen-bond donors (Lipinski definition) is 2. The Kier molecular flexibility index (Phi) is 6.84. The second-order valence-corrected chi connectivity index (χ2v) is 9.64. The van der Waals surface area contributed by atoms with Crippen molar-refractivity contribution >= 4 is 27.3 Å². The largest absolute Gasteiger partial charge is 0.495 e. The van der Waals surface area contributed by atoms with Gasteiger partial charge >= 0.3 is 0 Å². The lowest BCUT2D eigenvalue weighted by Gasteiger charge is -2.16. The zero-order valence-corrected chi connectivity index (χ0v) is 20.4. The molecule has 8 heteroatoms. The van der Waals surface area contributed by atoms with E-state index in [9.17, 15) is 13.2 Å². The van der Waals surface area contributed by atoms with Crippen molar-refractivity contribution < 1.29 is 17.9 Å². The zero-order valence-electron chi connectivity index (χ0n) is 19.6. The Balaban J connectivity index is 1.62. The second-order valence-electron chi connectivity index (χ2n) is 7.99. The van der Waals surface area contributed by atoms with Gasteiger partial charge in [0.25, 0.3) is 15.9 Å². The molecular weight excluding hydrogens is 462 g/mol. The molecule has 178 valence electrons. The molecule has 4 rings (SSSR count). The summed E-state index contributed by atoms with van der Waals surface area (Å²) in [4.78, 5) is 17.2. The Morgan fingerprint density at radius 3 is 2.31 bits per heavy atom. The molecule has 0 fully saturated rings. The van der Waals surface area contributed by atoms with Crippen LogP contribution in [-0.2, 0) is 10.0 Å². The molecular formula is C27H25N3O4S. The number of aryl methyl sites for hydroxylation is 2. The molecule has 35 heavy (non-hydrogen) atoms. The van der Waals surface area contributed by atoms with Gasteiger partial charge in [0.05, 0.1) is 18.5 Å². The second kappa shape index (κ2) is 9.99. The van der Waals surface area contributed by atoms with Crippen LogP contribution in [0.2, 0.25) is 0 Å². The van der Waals surface area contributed by atoms with E-state index in [1.807, 2.05) is 56.3 Å². The number of hydrogen-bond acceptors (Lipinski definition) is 5. The maximum Gasteiger partial charge on any atom is 0.265 e. The summed E-state index contributed by atoms with van der Waals surface area (Å²) in [6, 6.07) is 22.6. The molecule has 0 atom stereocenters. The first-order chi connectivity index (χ1) is 16.8. The molecule has 4 aromatic rings. The van der Waals surface area contributed by atoms with E-state index >= 15 is 0 Å². The van der Waals surface area contributed by atoms with Gasteiger partial charge in [0.1, 0.15) is 10.6 Å². The number of nitrogens with one attached hydrogen (secondary N) is 2. The van der Waals surface area contributed by atoms with Crippen LogP contribution in [0.3, 0.4) is 0 Å².